The zero-order valence-corrected chi connectivity index (χ0v) is 18.7. The van der Waals surface area contributed by atoms with Crippen molar-refractivity contribution < 1.29 is 18.1 Å². The third-order valence-electron chi connectivity index (χ3n) is 3.10. The first-order chi connectivity index (χ1) is 8.89. The molecule has 0 spiro atoms. The monoisotopic (exact) mass is 378 g/mol. The van der Waals surface area contributed by atoms with Crippen LogP contribution in [0.5, 0.6) is 5.75 Å². The first kappa shape index (κ1) is 20.2. The minimum Gasteiger partial charge on any atom is -0.508 e. The van der Waals surface area contributed by atoms with E-state index in [0.717, 1.165) is 14.3 Å². The second-order valence-corrected chi connectivity index (χ2v) is 8.38. The molecular weight excluding hydrogens is 370 g/mol. The van der Waals surface area contributed by atoms with Crippen molar-refractivity contribution in [1.29, 1.82) is 0 Å². The van der Waals surface area contributed by atoms with Crippen molar-refractivity contribution in [3.8, 4) is 16.2 Å². The second-order valence-electron chi connectivity index (χ2n) is 4.17. The van der Waals surface area contributed by atoms with Gasteiger partial charge >= 0.3 is 0 Å². The maximum atomic E-state index is 11.5. The molecule has 0 unspecified atom stereocenters. The first-order valence-corrected chi connectivity index (χ1v) is 9.34. The Hall–Kier alpha value is 1.20. The minimum atomic E-state index is -4.33. The fraction of sp³-hybridized carbons (Fsp3) is 0.182. The summed E-state index contributed by atoms with van der Waals surface area (Å²) < 4.78 is 33.1. The molecule has 0 saturated carbocycles. The summed E-state index contributed by atoms with van der Waals surface area (Å²) in [6.45, 7) is 0. The molecule has 0 bridgehead atoms. The zero-order chi connectivity index (χ0) is 13.8. The average Bonchev–Trinajstić information content (AvgIpc) is 2.70. The third kappa shape index (κ3) is 3.66. The van der Waals surface area contributed by atoms with Crippen LogP contribution in [0.1, 0.15) is 11.1 Å². The van der Waals surface area contributed by atoms with Crippen molar-refractivity contribution in [2.45, 2.75) is 17.7 Å². The molecule has 0 aliphatic heterocycles. The molecule has 2 radical (unpaired) electrons. The SMILES string of the molecule is O=S(=O)(O)c1ccc(O)c2c1-c1ssc(=S)c1CC2.[Na].[Na]. The van der Waals surface area contributed by atoms with Gasteiger partial charge < -0.3 is 5.11 Å². The Labute approximate surface area is 178 Å². The van der Waals surface area contributed by atoms with E-state index in [4.69, 9.17) is 12.2 Å². The molecule has 0 saturated heterocycles. The molecular formula is C11H8Na2O4S4. The van der Waals surface area contributed by atoms with Gasteiger partial charge in [0.05, 0.1) is 4.88 Å². The van der Waals surface area contributed by atoms with Crippen LogP contribution in [0.3, 0.4) is 0 Å². The molecule has 1 aromatic carbocycles. The van der Waals surface area contributed by atoms with Gasteiger partial charge in [-0.3, -0.25) is 4.55 Å². The Morgan fingerprint density at radius 2 is 1.71 bits per heavy atom. The standard InChI is InChI=1S/C11H8O4S4.2Na/c12-7-3-4-8(19(13,14)15)9-5(7)1-2-6-10(9)17-18-11(6)16;;/h3-4,12H,1-2H2,(H,13,14,15);;. The van der Waals surface area contributed by atoms with Crippen LogP contribution in [0.15, 0.2) is 17.0 Å². The Morgan fingerprint density at radius 3 is 2.33 bits per heavy atom. The smallest absolute Gasteiger partial charge is 0.295 e. The van der Waals surface area contributed by atoms with E-state index in [-0.39, 0.29) is 69.8 Å². The third-order valence-corrected chi connectivity index (χ3v) is 7.16. The summed E-state index contributed by atoms with van der Waals surface area (Å²) in [4.78, 5) is 0.588. The summed E-state index contributed by atoms with van der Waals surface area (Å²) in [5.41, 5.74) is 1.90. The molecule has 3 rings (SSSR count). The van der Waals surface area contributed by atoms with Gasteiger partial charge in [-0.1, -0.05) is 32.9 Å². The molecule has 21 heavy (non-hydrogen) atoms. The van der Waals surface area contributed by atoms with Crippen LogP contribution < -0.4 is 0 Å². The van der Waals surface area contributed by atoms with Crippen LogP contribution in [0.25, 0.3) is 10.4 Å². The quantitative estimate of drug-likeness (QED) is 0.345. The zero-order valence-electron chi connectivity index (χ0n) is 11.4. The average molecular weight is 378 g/mol. The fourth-order valence-electron chi connectivity index (χ4n) is 2.26. The van der Waals surface area contributed by atoms with Crippen molar-refractivity contribution in [2.75, 3.05) is 0 Å². The van der Waals surface area contributed by atoms with Gasteiger partial charge in [0.25, 0.3) is 10.1 Å². The number of hydrogen-bond acceptors (Lipinski definition) is 6. The van der Waals surface area contributed by atoms with Gasteiger partial charge in [-0.05, 0) is 25.0 Å². The van der Waals surface area contributed by atoms with Crippen LogP contribution in [0.4, 0.5) is 0 Å². The van der Waals surface area contributed by atoms with Gasteiger partial charge in [-0.2, -0.15) is 8.42 Å². The largest absolute Gasteiger partial charge is 0.508 e. The molecule has 1 aromatic heterocycles. The Kier molecular flexibility index (Phi) is 7.13. The van der Waals surface area contributed by atoms with Crippen LogP contribution in [0.2, 0.25) is 0 Å². The number of fused-ring (bicyclic) bond motifs is 3. The van der Waals surface area contributed by atoms with E-state index in [0.29, 0.717) is 24.0 Å². The Balaban J connectivity index is 0.00000110. The van der Waals surface area contributed by atoms with Gasteiger partial charge in [0.15, 0.2) is 0 Å². The Bertz CT molecular complexity index is 838. The molecule has 0 atom stereocenters. The molecule has 2 N–H and O–H groups in total. The summed E-state index contributed by atoms with van der Waals surface area (Å²) in [7, 11) is -1.54. The second kappa shape index (κ2) is 7.40. The molecule has 102 valence electrons. The number of phenolic OH excluding ortho intramolecular Hbond substituents is 1. The van der Waals surface area contributed by atoms with Gasteiger partial charge in [-0.15, -0.1) is 0 Å². The summed E-state index contributed by atoms with van der Waals surface area (Å²) >= 11 is 5.23. The molecule has 0 amide bonds. The van der Waals surface area contributed by atoms with Crippen LogP contribution in [0, 0.1) is 3.82 Å². The molecule has 2 aromatic rings. The summed E-state index contributed by atoms with van der Waals surface area (Å²) in [6, 6.07) is 2.53. The molecule has 10 heteroatoms. The predicted octanol–water partition coefficient (Wildman–Crippen LogP) is 2.50. The van der Waals surface area contributed by atoms with E-state index in [9.17, 15) is 18.1 Å². The van der Waals surface area contributed by atoms with E-state index in [1.54, 1.807) is 0 Å². The van der Waals surface area contributed by atoms with Crippen LogP contribution in [-0.2, 0) is 23.0 Å². The summed E-state index contributed by atoms with van der Waals surface area (Å²) in [5.74, 6) is 0.0531. The van der Waals surface area contributed by atoms with Gasteiger partial charge in [-0.25, -0.2) is 0 Å². The number of hydrogen-bond donors (Lipinski definition) is 2. The number of phenols is 1. The maximum Gasteiger partial charge on any atom is 0.295 e. The number of rotatable bonds is 1. The van der Waals surface area contributed by atoms with E-state index < -0.39 is 10.1 Å². The molecule has 4 nitrogen and oxygen atoms in total. The summed E-state index contributed by atoms with van der Waals surface area (Å²) in [5, 5.41) is 9.88. The number of aromatic hydroxyl groups is 1. The molecule has 1 heterocycles. The van der Waals surface area contributed by atoms with E-state index >= 15 is 0 Å². The molecule has 1 aliphatic rings. The van der Waals surface area contributed by atoms with Gasteiger partial charge in [0, 0.05) is 75.8 Å². The van der Waals surface area contributed by atoms with E-state index in [1.165, 1.54) is 32.8 Å². The first-order valence-electron chi connectivity index (χ1n) is 5.34. The van der Waals surface area contributed by atoms with Gasteiger partial charge in [0.2, 0.25) is 0 Å². The van der Waals surface area contributed by atoms with Crippen LogP contribution >= 0.6 is 32.9 Å². The predicted molar refractivity (Wildman–Crippen MR) is 88.9 cm³/mol. The van der Waals surface area contributed by atoms with Gasteiger partial charge in [0.1, 0.15) is 14.5 Å². The topological polar surface area (TPSA) is 74.6 Å². The van der Waals surface area contributed by atoms with Crippen molar-refractivity contribution >= 4 is 102 Å². The van der Waals surface area contributed by atoms with E-state index in [1.807, 2.05) is 0 Å². The van der Waals surface area contributed by atoms with Crippen molar-refractivity contribution in [3.63, 3.8) is 0 Å². The van der Waals surface area contributed by atoms with Crippen molar-refractivity contribution in [3.05, 3.63) is 27.1 Å². The van der Waals surface area contributed by atoms with Crippen molar-refractivity contribution in [1.82, 2.24) is 0 Å². The normalized spacial score (nSPS) is 12.6. The molecule has 0 fully saturated rings. The maximum absolute atomic E-state index is 11.5. The fourth-order valence-corrected chi connectivity index (χ4v) is 6.11. The molecule has 1 aliphatic carbocycles. The summed E-state index contributed by atoms with van der Waals surface area (Å²) in [6.07, 6.45) is 1.20. The number of benzene rings is 1. The van der Waals surface area contributed by atoms with Crippen molar-refractivity contribution in [2.24, 2.45) is 0 Å². The van der Waals surface area contributed by atoms with Crippen LogP contribution in [-0.4, -0.2) is 77.2 Å². The Morgan fingerprint density at radius 1 is 1.10 bits per heavy atom. The minimum absolute atomic E-state index is 0. The van der Waals surface area contributed by atoms with E-state index in [2.05, 4.69) is 0 Å².